The molecule has 3 amide bonds. The maximum Gasteiger partial charge on any atom is 0.308 e. The lowest BCUT2D eigenvalue weighted by Gasteiger charge is -2.13. The van der Waals surface area contributed by atoms with Crippen molar-refractivity contribution in [3.63, 3.8) is 0 Å². The molecule has 1 N–H and O–H groups in total. The molecule has 0 aromatic heterocycles. The van der Waals surface area contributed by atoms with Crippen LogP contribution in [0.15, 0.2) is 36.4 Å². The lowest BCUT2D eigenvalue weighted by Crippen LogP contribution is -2.32. The number of esters is 1. The number of carbonyl (C=O) groups excluding carboxylic acids is 4. The number of aryl methyl sites for hydroxylation is 1. The predicted molar refractivity (Wildman–Crippen MR) is 103 cm³/mol. The Morgan fingerprint density at radius 3 is 2.63 bits per heavy atom. The second-order valence-electron chi connectivity index (χ2n) is 6.84. The number of nitrogens with zero attached hydrogens (tertiary/aromatic N) is 1. The van der Waals surface area contributed by atoms with E-state index in [1.807, 2.05) is 6.92 Å². The molecule has 9 nitrogen and oxygen atoms in total. The second-order valence-corrected chi connectivity index (χ2v) is 6.84. The van der Waals surface area contributed by atoms with Crippen molar-refractivity contribution in [1.29, 1.82) is 0 Å². The predicted octanol–water partition coefficient (Wildman–Crippen LogP) is 1.89. The number of nitrogens with one attached hydrogen (secondary N) is 1. The van der Waals surface area contributed by atoms with E-state index in [4.69, 9.17) is 14.2 Å². The summed E-state index contributed by atoms with van der Waals surface area (Å²) in [5, 5.41) is 2.59. The Morgan fingerprint density at radius 1 is 1.03 bits per heavy atom. The molecule has 2 aliphatic rings. The van der Waals surface area contributed by atoms with Crippen molar-refractivity contribution >= 4 is 29.4 Å². The molecule has 0 spiro atoms. The monoisotopic (exact) mass is 410 g/mol. The molecule has 2 aromatic rings. The topological polar surface area (TPSA) is 111 Å². The summed E-state index contributed by atoms with van der Waals surface area (Å²) < 4.78 is 15.4. The van der Waals surface area contributed by atoms with Crippen molar-refractivity contribution in [2.75, 3.05) is 25.3 Å². The van der Waals surface area contributed by atoms with Gasteiger partial charge in [-0.3, -0.25) is 24.1 Å². The van der Waals surface area contributed by atoms with E-state index in [1.165, 1.54) is 0 Å². The van der Waals surface area contributed by atoms with E-state index >= 15 is 0 Å². The van der Waals surface area contributed by atoms with Crippen molar-refractivity contribution in [2.24, 2.45) is 0 Å². The molecule has 2 aliphatic heterocycles. The molecule has 0 unspecified atom stereocenters. The van der Waals surface area contributed by atoms with Gasteiger partial charge in [0.15, 0.2) is 18.1 Å². The van der Waals surface area contributed by atoms with E-state index in [9.17, 15) is 19.2 Å². The summed E-state index contributed by atoms with van der Waals surface area (Å²) in [6, 6.07) is 9.90. The third kappa shape index (κ3) is 3.82. The number of hydrogen-bond acceptors (Lipinski definition) is 7. The maximum absolute atomic E-state index is 12.4. The van der Waals surface area contributed by atoms with Crippen LogP contribution in [-0.4, -0.2) is 48.5 Å². The molecule has 0 radical (unpaired) electrons. The second kappa shape index (κ2) is 7.86. The fourth-order valence-corrected chi connectivity index (χ4v) is 3.20. The minimum atomic E-state index is -0.691. The fourth-order valence-electron chi connectivity index (χ4n) is 3.20. The van der Waals surface area contributed by atoms with Crippen LogP contribution in [0.1, 0.15) is 32.7 Å². The van der Waals surface area contributed by atoms with Crippen LogP contribution in [0, 0.1) is 6.92 Å². The molecule has 4 rings (SSSR count). The first-order valence-corrected chi connectivity index (χ1v) is 9.24. The Labute approximate surface area is 171 Å². The number of imide groups is 1. The highest BCUT2D eigenvalue weighted by atomic mass is 16.7. The zero-order chi connectivity index (χ0) is 21.3. The van der Waals surface area contributed by atoms with E-state index in [0.717, 1.165) is 10.5 Å². The lowest BCUT2D eigenvalue weighted by atomic mass is 10.1. The maximum atomic E-state index is 12.4. The van der Waals surface area contributed by atoms with E-state index in [-0.39, 0.29) is 19.8 Å². The molecule has 0 saturated carbocycles. The van der Waals surface area contributed by atoms with Crippen LogP contribution in [0.3, 0.4) is 0 Å². The normalized spacial score (nSPS) is 14.0. The Kier molecular flexibility index (Phi) is 5.09. The number of anilines is 1. The van der Waals surface area contributed by atoms with Crippen LogP contribution in [0.2, 0.25) is 0 Å². The highest BCUT2D eigenvalue weighted by Gasteiger charge is 2.35. The van der Waals surface area contributed by atoms with E-state index < -0.39 is 30.3 Å². The van der Waals surface area contributed by atoms with Gasteiger partial charge in [0.2, 0.25) is 6.79 Å². The van der Waals surface area contributed by atoms with Crippen LogP contribution in [0.4, 0.5) is 5.69 Å². The summed E-state index contributed by atoms with van der Waals surface area (Å²) in [7, 11) is 0. The molecule has 2 heterocycles. The van der Waals surface area contributed by atoms with Crippen molar-refractivity contribution in [2.45, 2.75) is 13.3 Å². The molecule has 154 valence electrons. The summed E-state index contributed by atoms with van der Waals surface area (Å²) in [6.45, 7) is 1.34. The quantitative estimate of drug-likeness (QED) is 0.572. The Hall–Kier alpha value is -3.88. The summed E-state index contributed by atoms with van der Waals surface area (Å²) in [5.41, 5.74) is 1.99. The highest BCUT2D eigenvalue weighted by molar-refractivity contribution is 6.21. The molecule has 0 aliphatic carbocycles. The van der Waals surface area contributed by atoms with Gasteiger partial charge in [-0.15, -0.1) is 0 Å². The number of ether oxygens (including phenoxy) is 3. The van der Waals surface area contributed by atoms with Gasteiger partial charge in [-0.1, -0.05) is 11.6 Å². The number of rotatable bonds is 6. The minimum absolute atomic E-state index is 0.117. The molecule has 0 bridgehead atoms. The first-order valence-electron chi connectivity index (χ1n) is 9.24. The Balaban J connectivity index is 1.25. The summed E-state index contributed by atoms with van der Waals surface area (Å²) in [5.74, 6) is -0.999. The van der Waals surface area contributed by atoms with Crippen molar-refractivity contribution in [1.82, 2.24) is 4.90 Å². The molecular weight excluding hydrogens is 392 g/mol. The van der Waals surface area contributed by atoms with Crippen LogP contribution in [-0.2, 0) is 14.3 Å². The summed E-state index contributed by atoms with van der Waals surface area (Å²) >= 11 is 0. The molecule has 0 saturated heterocycles. The molecule has 30 heavy (non-hydrogen) atoms. The smallest absolute Gasteiger partial charge is 0.308 e. The first kappa shape index (κ1) is 19.4. The van der Waals surface area contributed by atoms with Gasteiger partial charge in [0.25, 0.3) is 17.7 Å². The first-order chi connectivity index (χ1) is 14.4. The largest absolute Gasteiger partial charge is 0.456 e. The summed E-state index contributed by atoms with van der Waals surface area (Å²) in [6.07, 6.45) is -0.207. The number of fused-ring (bicyclic) bond motifs is 2. The Bertz CT molecular complexity index is 1060. The van der Waals surface area contributed by atoms with E-state index in [1.54, 1.807) is 36.4 Å². The SMILES string of the molecule is Cc1ccc2c(c1)C(=O)N(CCC(=O)OCC(=O)Nc1ccc3c(c1)OCO3)C2=O. The van der Waals surface area contributed by atoms with Gasteiger partial charge >= 0.3 is 5.97 Å². The Morgan fingerprint density at radius 2 is 1.80 bits per heavy atom. The molecule has 2 aromatic carbocycles. The van der Waals surface area contributed by atoms with Gasteiger partial charge in [0.05, 0.1) is 17.5 Å². The van der Waals surface area contributed by atoms with Gasteiger partial charge in [-0.25, -0.2) is 0 Å². The van der Waals surface area contributed by atoms with Crippen molar-refractivity contribution in [3.8, 4) is 11.5 Å². The van der Waals surface area contributed by atoms with E-state index in [0.29, 0.717) is 28.3 Å². The van der Waals surface area contributed by atoms with Gasteiger partial charge in [-0.2, -0.15) is 0 Å². The van der Waals surface area contributed by atoms with Crippen LogP contribution in [0.25, 0.3) is 0 Å². The van der Waals surface area contributed by atoms with E-state index in [2.05, 4.69) is 5.32 Å². The standard InChI is InChI=1S/C21H18N2O7/c1-12-2-4-14-15(8-12)21(27)23(20(14)26)7-6-19(25)28-10-18(24)22-13-3-5-16-17(9-13)30-11-29-16/h2-5,8-9H,6-7,10-11H2,1H3,(H,22,24). The number of benzene rings is 2. The average molecular weight is 410 g/mol. The van der Waals surface area contributed by atoms with Crippen LogP contribution >= 0.6 is 0 Å². The van der Waals surface area contributed by atoms with Gasteiger partial charge in [0.1, 0.15) is 0 Å². The zero-order valence-electron chi connectivity index (χ0n) is 16.1. The summed E-state index contributed by atoms with van der Waals surface area (Å²) in [4.78, 5) is 49.7. The molecular formula is C21H18N2O7. The highest BCUT2D eigenvalue weighted by Crippen LogP contribution is 2.34. The molecule has 9 heteroatoms. The van der Waals surface area contributed by atoms with Gasteiger partial charge < -0.3 is 19.5 Å². The fraction of sp³-hybridized carbons (Fsp3) is 0.238. The average Bonchev–Trinajstić information content (AvgIpc) is 3.28. The molecule has 0 fully saturated rings. The lowest BCUT2D eigenvalue weighted by molar-refractivity contribution is -0.147. The van der Waals surface area contributed by atoms with Crippen LogP contribution < -0.4 is 14.8 Å². The van der Waals surface area contributed by atoms with Gasteiger partial charge in [-0.05, 0) is 31.2 Å². The number of amides is 3. The zero-order valence-corrected chi connectivity index (χ0v) is 16.1. The van der Waals surface area contributed by atoms with Crippen molar-refractivity contribution in [3.05, 3.63) is 53.1 Å². The minimum Gasteiger partial charge on any atom is -0.456 e. The van der Waals surface area contributed by atoms with Crippen molar-refractivity contribution < 1.29 is 33.4 Å². The number of carbonyl (C=O) groups is 4. The molecule has 0 atom stereocenters. The third-order valence-corrected chi connectivity index (χ3v) is 4.69. The van der Waals surface area contributed by atoms with Crippen LogP contribution in [0.5, 0.6) is 11.5 Å². The number of hydrogen-bond donors (Lipinski definition) is 1. The third-order valence-electron chi connectivity index (χ3n) is 4.69. The van der Waals surface area contributed by atoms with Gasteiger partial charge in [0, 0.05) is 18.3 Å².